The Labute approximate surface area is 227 Å². The van der Waals surface area contributed by atoms with Gasteiger partial charge < -0.3 is 14.6 Å². The second-order valence-electron chi connectivity index (χ2n) is 9.59. The summed E-state index contributed by atoms with van der Waals surface area (Å²) in [6.45, 7) is 1.77. The van der Waals surface area contributed by atoms with Crippen LogP contribution in [0.25, 0.3) is 22.0 Å². The maximum Gasteiger partial charge on any atom is 0.433 e. The molecule has 6 nitrogen and oxygen atoms in total. The van der Waals surface area contributed by atoms with Crippen molar-refractivity contribution in [3.05, 3.63) is 107 Å². The number of halogens is 4. The zero-order valence-corrected chi connectivity index (χ0v) is 21.6. The van der Waals surface area contributed by atoms with E-state index in [0.29, 0.717) is 27.2 Å². The van der Waals surface area contributed by atoms with Crippen molar-refractivity contribution in [3.8, 4) is 11.1 Å². The predicted octanol–water partition coefficient (Wildman–Crippen LogP) is 6.20. The minimum atomic E-state index is -4.60. The lowest BCUT2D eigenvalue weighted by Gasteiger charge is -2.34. The third-order valence-electron chi connectivity index (χ3n) is 7.20. The van der Waals surface area contributed by atoms with E-state index in [1.165, 1.54) is 18.6 Å². The van der Waals surface area contributed by atoms with Crippen molar-refractivity contribution in [2.45, 2.75) is 18.2 Å². The molecule has 1 aliphatic heterocycles. The van der Waals surface area contributed by atoms with Crippen molar-refractivity contribution in [2.75, 3.05) is 18.0 Å². The Balaban J connectivity index is 1.58. The molecular weight excluding hydrogens is 527 g/mol. The van der Waals surface area contributed by atoms with Crippen molar-refractivity contribution >= 4 is 28.3 Å². The second-order valence-corrected chi connectivity index (χ2v) is 9.97. The van der Waals surface area contributed by atoms with E-state index < -0.39 is 17.5 Å². The second kappa shape index (κ2) is 9.36. The fraction of sp³-hybridized carbons (Fsp3) is 0.207. The van der Waals surface area contributed by atoms with Crippen LogP contribution >= 0.6 is 11.6 Å². The topological polar surface area (TPSA) is 67.1 Å². The maximum atomic E-state index is 13.2. The van der Waals surface area contributed by atoms with E-state index in [4.69, 9.17) is 16.6 Å². The van der Waals surface area contributed by atoms with Gasteiger partial charge in [-0.3, -0.25) is 4.98 Å². The maximum absolute atomic E-state index is 13.2. The van der Waals surface area contributed by atoms with Crippen molar-refractivity contribution < 1.29 is 18.3 Å². The molecule has 1 atom stereocenters. The third kappa shape index (κ3) is 4.22. The predicted molar refractivity (Wildman–Crippen MR) is 144 cm³/mol. The smallest absolute Gasteiger partial charge is 0.374 e. The highest BCUT2D eigenvalue weighted by Crippen LogP contribution is 2.44. The molecule has 0 spiro atoms. The number of alkyl halides is 3. The molecule has 1 unspecified atom stereocenters. The van der Waals surface area contributed by atoms with Crippen LogP contribution in [0.15, 0.2) is 79.4 Å². The molecule has 6 rings (SSSR count). The first-order chi connectivity index (χ1) is 18.7. The lowest BCUT2D eigenvalue weighted by atomic mass is 9.83. The van der Waals surface area contributed by atoms with Crippen LogP contribution in [0.1, 0.15) is 28.9 Å². The van der Waals surface area contributed by atoms with Gasteiger partial charge in [-0.1, -0.05) is 54.1 Å². The number of nitrogens with zero attached hydrogens (tertiary/aromatic N) is 5. The molecule has 0 amide bonds. The minimum absolute atomic E-state index is 0.156. The van der Waals surface area contributed by atoms with Gasteiger partial charge in [0.2, 0.25) is 0 Å². The highest BCUT2D eigenvalue weighted by molar-refractivity contribution is 6.39. The first kappa shape index (κ1) is 25.3. The molecule has 3 aromatic heterocycles. The quantitative estimate of drug-likeness (QED) is 0.283. The number of hydrogen-bond acceptors (Lipinski definition) is 5. The molecule has 39 heavy (non-hydrogen) atoms. The number of rotatable bonds is 5. The molecule has 1 saturated heterocycles. The Morgan fingerprint density at radius 3 is 2.28 bits per heavy atom. The van der Waals surface area contributed by atoms with Gasteiger partial charge in [0.05, 0.1) is 28.8 Å². The highest BCUT2D eigenvalue weighted by Gasteiger charge is 2.39. The number of hydrogen-bond donors (Lipinski definition) is 1. The zero-order chi connectivity index (χ0) is 27.4. The molecule has 1 fully saturated rings. The Hall–Kier alpha value is -3.95. The molecular formula is C29H23ClF3N5O. The van der Waals surface area contributed by atoms with Gasteiger partial charge in [-0.15, -0.1) is 0 Å². The summed E-state index contributed by atoms with van der Waals surface area (Å²) in [5, 5.41) is 13.4. The highest BCUT2D eigenvalue weighted by atomic mass is 35.5. The van der Waals surface area contributed by atoms with Crippen LogP contribution in [0, 0.1) is 0 Å². The van der Waals surface area contributed by atoms with Crippen molar-refractivity contribution in [2.24, 2.45) is 7.05 Å². The monoisotopic (exact) mass is 549 g/mol. The van der Waals surface area contributed by atoms with Crippen LogP contribution in [0.4, 0.5) is 19.0 Å². The molecule has 2 aromatic carbocycles. The first-order valence-electron chi connectivity index (χ1n) is 12.3. The molecule has 0 aliphatic carbocycles. The molecule has 0 bridgehead atoms. The van der Waals surface area contributed by atoms with Gasteiger partial charge in [0.25, 0.3) is 0 Å². The molecule has 0 saturated carbocycles. The van der Waals surface area contributed by atoms with Gasteiger partial charge in [0.15, 0.2) is 5.60 Å². The van der Waals surface area contributed by atoms with E-state index in [2.05, 4.69) is 14.9 Å². The summed E-state index contributed by atoms with van der Waals surface area (Å²) < 4.78 is 41.3. The van der Waals surface area contributed by atoms with Crippen molar-refractivity contribution in [1.29, 1.82) is 0 Å². The normalized spacial score (nSPS) is 15.3. The van der Waals surface area contributed by atoms with Gasteiger partial charge in [-0.25, -0.2) is 9.97 Å². The fourth-order valence-electron chi connectivity index (χ4n) is 5.00. The third-order valence-corrected chi connectivity index (χ3v) is 7.59. The standard InChI is InChI=1S/C29H23ClF3N5O/c1-37-17-34-16-24(37)28(39,20-9-11-23(35-15-20)29(31,32)33)19-8-10-22-21(14-19)26(30)25(18-6-3-2-4-7-18)27(36-22)38-12-5-13-38/h2-4,6-11,14-17,39H,5,12-13H2,1H3. The number of imidazole rings is 1. The number of benzene rings is 2. The van der Waals surface area contributed by atoms with Gasteiger partial charge in [-0.2, -0.15) is 13.2 Å². The van der Waals surface area contributed by atoms with Crippen LogP contribution in [0.5, 0.6) is 0 Å². The molecule has 0 radical (unpaired) electrons. The van der Waals surface area contributed by atoms with Crippen LogP contribution in [-0.4, -0.2) is 37.7 Å². The summed E-state index contributed by atoms with van der Waals surface area (Å²) in [6.07, 6.45) is 0.503. The summed E-state index contributed by atoms with van der Waals surface area (Å²) in [6, 6.07) is 17.1. The number of aliphatic hydroxyl groups is 1. The van der Waals surface area contributed by atoms with Gasteiger partial charge in [0, 0.05) is 42.8 Å². The Bertz CT molecular complexity index is 1670. The van der Waals surface area contributed by atoms with Gasteiger partial charge in [-0.05, 0) is 35.7 Å². The van der Waals surface area contributed by atoms with Crippen molar-refractivity contribution in [3.63, 3.8) is 0 Å². The number of fused-ring (bicyclic) bond motifs is 1. The molecule has 4 heterocycles. The first-order valence-corrected chi connectivity index (χ1v) is 12.7. The molecule has 5 aromatic rings. The van der Waals surface area contributed by atoms with Crippen LogP contribution in [-0.2, 0) is 18.8 Å². The minimum Gasteiger partial charge on any atom is -0.374 e. The summed E-state index contributed by atoms with van der Waals surface area (Å²) in [7, 11) is 1.70. The summed E-state index contributed by atoms with van der Waals surface area (Å²) in [5.41, 5.74) is 0.331. The summed E-state index contributed by atoms with van der Waals surface area (Å²) in [4.78, 5) is 14.9. The van der Waals surface area contributed by atoms with E-state index >= 15 is 0 Å². The lowest BCUT2D eigenvalue weighted by molar-refractivity contribution is -0.141. The van der Waals surface area contributed by atoms with Crippen LogP contribution < -0.4 is 4.90 Å². The summed E-state index contributed by atoms with van der Waals surface area (Å²) >= 11 is 7.10. The van der Waals surface area contributed by atoms with Crippen LogP contribution in [0.2, 0.25) is 5.02 Å². The number of aromatic nitrogens is 4. The molecule has 1 N–H and O–H groups in total. The van der Waals surface area contributed by atoms with E-state index in [1.807, 2.05) is 30.3 Å². The Morgan fingerprint density at radius 1 is 0.949 bits per heavy atom. The molecule has 10 heteroatoms. The average molecular weight is 550 g/mol. The van der Waals surface area contributed by atoms with Gasteiger partial charge >= 0.3 is 6.18 Å². The van der Waals surface area contributed by atoms with E-state index in [1.54, 1.807) is 29.8 Å². The van der Waals surface area contributed by atoms with Crippen LogP contribution in [0.3, 0.4) is 0 Å². The number of anilines is 1. The van der Waals surface area contributed by atoms with Gasteiger partial charge in [0.1, 0.15) is 11.5 Å². The fourth-order valence-corrected chi connectivity index (χ4v) is 5.34. The SMILES string of the molecule is Cn1cncc1C(O)(c1ccc(C(F)(F)F)nc1)c1ccc2nc(N3CCC3)c(-c3ccccc3)c(Cl)c2c1. The molecule has 1 aliphatic rings. The largest absolute Gasteiger partial charge is 0.433 e. The average Bonchev–Trinajstić information content (AvgIpc) is 3.33. The molecule has 198 valence electrons. The van der Waals surface area contributed by atoms with E-state index in [-0.39, 0.29) is 5.56 Å². The van der Waals surface area contributed by atoms with E-state index in [0.717, 1.165) is 48.7 Å². The lowest BCUT2D eigenvalue weighted by Crippen LogP contribution is -2.38. The van der Waals surface area contributed by atoms with E-state index in [9.17, 15) is 18.3 Å². The summed E-state index contributed by atoms with van der Waals surface area (Å²) in [5.74, 6) is 0.798. The van der Waals surface area contributed by atoms with Crippen molar-refractivity contribution in [1.82, 2.24) is 19.5 Å². The Kier molecular flexibility index (Phi) is 6.08. The number of pyridine rings is 2. The Morgan fingerprint density at radius 2 is 1.69 bits per heavy atom. The number of aryl methyl sites for hydroxylation is 1. The zero-order valence-electron chi connectivity index (χ0n) is 20.8.